The number of aromatic nitrogens is 3. The zero-order valence-corrected chi connectivity index (χ0v) is 13.5. The quantitative estimate of drug-likeness (QED) is 0.523. The molecule has 2 heterocycles. The Morgan fingerprint density at radius 2 is 2.04 bits per heavy atom. The predicted octanol–water partition coefficient (Wildman–Crippen LogP) is 1.78. The highest BCUT2D eigenvalue weighted by Crippen LogP contribution is 2.36. The number of nitrogen functional groups attached to an aromatic ring is 1. The number of aryl methyl sites for hydroxylation is 1. The Kier molecular flexibility index (Phi) is 3.97. The Morgan fingerprint density at radius 1 is 1.30 bits per heavy atom. The third-order valence-corrected chi connectivity index (χ3v) is 4.56. The molecule has 0 spiro atoms. The molecule has 8 nitrogen and oxygen atoms in total. The molecule has 0 amide bonds. The standard InChI is InChI=1S/C14H18N5O3P/c1-16-14-18-11-12(19(14)7-4-8-23(20,21)22)9-5-2-3-6-10(9)17-13(11)15/h2-3,5-6H,4,7-8H2,1H3,(H2,15,17)(H,16,18)(H2,20,21,22). The number of hydrogen-bond donors (Lipinski definition) is 4. The van der Waals surface area contributed by atoms with Gasteiger partial charge in [-0.3, -0.25) is 4.57 Å². The van der Waals surface area contributed by atoms with E-state index in [9.17, 15) is 4.57 Å². The van der Waals surface area contributed by atoms with Crippen LogP contribution in [0.25, 0.3) is 21.9 Å². The Morgan fingerprint density at radius 3 is 2.74 bits per heavy atom. The van der Waals surface area contributed by atoms with Gasteiger partial charge in [0.2, 0.25) is 5.95 Å². The van der Waals surface area contributed by atoms with Gasteiger partial charge in [-0.2, -0.15) is 0 Å². The Hall–Kier alpha value is -2.15. The number of benzene rings is 1. The van der Waals surface area contributed by atoms with Crippen LogP contribution in [0.1, 0.15) is 6.42 Å². The van der Waals surface area contributed by atoms with Crippen LogP contribution in [0.5, 0.6) is 0 Å². The second kappa shape index (κ2) is 5.81. The van der Waals surface area contributed by atoms with Gasteiger partial charge in [0.1, 0.15) is 5.52 Å². The van der Waals surface area contributed by atoms with E-state index in [-0.39, 0.29) is 6.16 Å². The summed E-state index contributed by atoms with van der Waals surface area (Å²) < 4.78 is 13.0. The Labute approximate surface area is 132 Å². The number of imidazole rings is 1. The number of fused-ring (bicyclic) bond motifs is 3. The fraction of sp³-hybridized carbons (Fsp3) is 0.286. The summed E-state index contributed by atoms with van der Waals surface area (Å²) in [6.45, 7) is 0.422. The second-order valence-corrected chi connectivity index (χ2v) is 7.07. The van der Waals surface area contributed by atoms with E-state index in [4.69, 9.17) is 15.5 Å². The molecule has 0 unspecified atom stereocenters. The first-order chi connectivity index (χ1) is 10.9. The smallest absolute Gasteiger partial charge is 0.325 e. The number of pyridine rings is 1. The van der Waals surface area contributed by atoms with E-state index in [2.05, 4.69) is 15.3 Å². The largest absolute Gasteiger partial charge is 0.382 e. The van der Waals surface area contributed by atoms with Gasteiger partial charge in [-0.1, -0.05) is 18.2 Å². The highest BCUT2D eigenvalue weighted by Gasteiger charge is 2.18. The lowest BCUT2D eigenvalue weighted by Crippen LogP contribution is -2.06. The minimum absolute atomic E-state index is 0.172. The molecular formula is C14H18N5O3P. The maximum Gasteiger partial charge on any atom is 0.325 e. The summed E-state index contributed by atoms with van der Waals surface area (Å²) >= 11 is 0. The molecule has 0 fully saturated rings. The third-order valence-electron chi connectivity index (χ3n) is 3.67. The van der Waals surface area contributed by atoms with Crippen LogP contribution in [-0.2, 0) is 11.1 Å². The van der Waals surface area contributed by atoms with Crippen LogP contribution < -0.4 is 11.1 Å². The lowest BCUT2D eigenvalue weighted by Gasteiger charge is -2.10. The molecule has 9 heteroatoms. The molecule has 3 aromatic rings. The summed E-state index contributed by atoms with van der Waals surface area (Å²) in [5.41, 5.74) is 8.19. The predicted molar refractivity (Wildman–Crippen MR) is 90.5 cm³/mol. The number of nitrogens with one attached hydrogen (secondary N) is 1. The summed E-state index contributed by atoms with van der Waals surface area (Å²) in [6, 6.07) is 7.60. The van der Waals surface area contributed by atoms with E-state index in [1.165, 1.54) is 0 Å². The van der Waals surface area contributed by atoms with Crippen LogP contribution in [-0.4, -0.2) is 37.5 Å². The molecule has 0 saturated carbocycles. The van der Waals surface area contributed by atoms with Crippen LogP contribution >= 0.6 is 7.60 Å². The molecule has 0 saturated heterocycles. The molecule has 1 aromatic carbocycles. The van der Waals surface area contributed by atoms with Crippen molar-refractivity contribution in [2.24, 2.45) is 0 Å². The van der Waals surface area contributed by atoms with Crippen molar-refractivity contribution in [1.82, 2.24) is 14.5 Å². The average molecular weight is 335 g/mol. The molecule has 0 bridgehead atoms. The minimum Gasteiger partial charge on any atom is -0.382 e. The lowest BCUT2D eigenvalue weighted by atomic mass is 10.2. The monoisotopic (exact) mass is 335 g/mol. The summed E-state index contributed by atoms with van der Waals surface area (Å²) in [6.07, 6.45) is 0.162. The number of nitrogens with two attached hydrogens (primary N) is 1. The van der Waals surface area contributed by atoms with Crippen molar-refractivity contribution in [2.45, 2.75) is 13.0 Å². The van der Waals surface area contributed by atoms with E-state index < -0.39 is 7.60 Å². The highest BCUT2D eigenvalue weighted by atomic mass is 31.2. The summed E-state index contributed by atoms with van der Waals surface area (Å²) in [5, 5.41) is 3.90. The third kappa shape index (κ3) is 3.01. The van der Waals surface area contributed by atoms with Gasteiger partial charge in [-0.15, -0.1) is 0 Å². The molecular weight excluding hydrogens is 317 g/mol. The lowest BCUT2D eigenvalue weighted by molar-refractivity contribution is 0.370. The van der Waals surface area contributed by atoms with Gasteiger partial charge in [0.15, 0.2) is 5.82 Å². The van der Waals surface area contributed by atoms with Gasteiger partial charge in [0.05, 0.1) is 17.2 Å². The first kappa shape index (κ1) is 15.7. The summed E-state index contributed by atoms with van der Waals surface area (Å²) in [7, 11) is -2.27. The zero-order chi connectivity index (χ0) is 16.6. The first-order valence-electron chi connectivity index (χ1n) is 7.17. The van der Waals surface area contributed by atoms with Gasteiger partial charge in [0, 0.05) is 19.0 Å². The SMILES string of the molecule is CNc1nc2c(N)nc3ccccc3c2n1CCCP(=O)(O)O. The Bertz CT molecular complexity index is 918. The molecule has 3 rings (SSSR count). The van der Waals surface area contributed by atoms with Crippen LogP contribution in [0.3, 0.4) is 0 Å². The van der Waals surface area contributed by atoms with Crippen LogP contribution in [0, 0.1) is 0 Å². The number of nitrogens with zero attached hydrogens (tertiary/aromatic N) is 3. The van der Waals surface area contributed by atoms with Crippen LogP contribution in [0.15, 0.2) is 24.3 Å². The minimum atomic E-state index is -4.02. The topological polar surface area (TPSA) is 126 Å². The second-order valence-electron chi connectivity index (χ2n) is 5.29. The van der Waals surface area contributed by atoms with Crippen molar-refractivity contribution < 1.29 is 14.4 Å². The number of para-hydroxylation sites is 1. The zero-order valence-electron chi connectivity index (χ0n) is 12.6. The summed E-state index contributed by atoms with van der Waals surface area (Å²) in [4.78, 5) is 26.9. The van der Waals surface area contributed by atoms with Gasteiger partial charge >= 0.3 is 7.60 Å². The van der Waals surface area contributed by atoms with E-state index in [0.717, 1.165) is 16.4 Å². The van der Waals surface area contributed by atoms with Gasteiger partial charge in [-0.25, -0.2) is 9.97 Å². The molecule has 0 radical (unpaired) electrons. The van der Waals surface area contributed by atoms with Crippen molar-refractivity contribution in [2.75, 3.05) is 24.3 Å². The molecule has 23 heavy (non-hydrogen) atoms. The van der Waals surface area contributed by atoms with Gasteiger partial charge in [0.25, 0.3) is 0 Å². The molecule has 0 aliphatic heterocycles. The normalized spacial score (nSPS) is 12.1. The first-order valence-corrected chi connectivity index (χ1v) is 8.97. The molecule has 0 atom stereocenters. The van der Waals surface area contributed by atoms with Crippen molar-refractivity contribution in [3.05, 3.63) is 24.3 Å². The molecule has 5 N–H and O–H groups in total. The Balaban J connectivity index is 2.16. The van der Waals surface area contributed by atoms with E-state index >= 15 is 0 Å². The molecule has 122 valence electrons. The molecule has 2 aromatic heterocycles. The molecule has 0 aliphatic rings. The van der Waals surface area contributed by atoms with Crippen LogP contribution in [0.2, 0.25) is 0 Å². The molecule has 0 aliphatic carbocycles. The van der Waals surface area contributed by atoms with Crippen molar-refractivity contribution >= 4 is 41.3 Å². The van der Waals surface area contributed by atoms with Gasteiger partial charge < -0.3 is 25.4 Å². The number of anilines is 2. The maximum atomic E-state index is 11.1. The van der Waals surface area contributed by atoms with E-state index in [0.29, 0.717) is 30.2 Å². The van der Waals surface area contributed by atoms with E-state index in [1.54, 1.807) is 7.05 Å². The summed E-state index contributed by atoms with van der Waals surface area (Å²) in [5.74, 6) is 0.930. The van der Waals surface area contributed by atoms with E-state index in [1.807, 2.05) is 28.8 Å². The number of rotatable bonds is 5. The average Bonchev–Trinajstić information content (AvgIpc) is 2.86. The van der Waals surface area contributed by atoms with Gasteiger partial charge in [-0.05, 0) is 12.5 Å². The fourth-order valence-electron chi connectivity index (χ4n) is 2.70. The maximum absolute atomic E-state index is 11.1. The fourth-order valence-corrected chi connectivity index (χ4v) is 3.26. The van der Waals surface area contributed by atoms with Crippen molar-refractivity contribution in [3.63, 3.8) is 0 Å². The number of hydrogen-bond acceptors (Lipinski definition) is 5. The highest BCUT2D eigenvalue weighted by molar-refractivity contribution is 7.51. The van der Waals surface area contributed by atoms with Crippen LogP contribution in [0.4, 0.5) is 11.8 Å². The van der Waals surface area contributed by atoms with Crippen molar-refractivity contribution in [1.29, 1.82) is 0 Å². The van der Waals surface area contributed by atoms with Crippen molar-refractivity contribution in [3.8, 4) is 0 Å².